The molecule has 0 aliphatic heterocycles. The van der Waals surface area contributed by atoms with Gasteiger partial charge in [0.1, 0.15) is 11.4 Å². The molecule has 0 radical (unpaired) electrons. The monoisotopic (exact) mass is 361 g/mol. The van der Waals surface area contributed by atoms with Crippen molar-refractivity contribution >= 4 is 0 Å². The van der Waals surface area contributed by atoms with Gasteiger partial charge in [-0.05, 0) is 99.6 Å². The molecular formula is C24H43NO. The van der Waals surface area contributed by atoms with Crippen molar-refractivity contribution < 1.29 is 4.74 Å². The van der Waals surface area contributed by atoms with Crippen LogP contribution < -0.4 is 4.74 Å². The third-order valence-corrected chi connectivity index (χ3v) is 5.43. The largest absolute Gasteiger partial charge is 0.484 e. The number of allylic oxidation sites excluding steroid dienone is 1. The smallest absolute Gasteiger partial charge is 0.124 e. The highest BCUT2D eigenvalue weighted by Crippen LogP contribution is 2.34. The van der Waals surface area contributed by atoms with Crippen LogP contribution in [0.4, 0.5) is 0 Å². The lowest BCUT2D eigenvalue weighted by atomic mass is 9.88. The van der Waals surface area contributed by atoms with Crippen molar-refractivity contribution in [3.05, 3.63) is 41.0 Å². The quantitative estimate of drug-likeness (QED) is 0.514. The standard InChI is InChI=1S/C22H37NO.C2H6/c1-16(2)17(3)22(9,10)24-19-14-12-18(13-15-19)21(7,8)23(11)20(4,5)6;1-2/h12-15H,1-11H3;1-2H3. The summed E-state index contributed by atoms with van der Waals surface area (Å²) >= 11 is 0. The van der Waals surface area contributed by atoms with Crippen LogP contribution in [0.3, 0.4) is 0 Å². The van der Waals surface area contributed by atoms with Crippen LogP contribution in [0.15, 0.2) is 35.4 Å². The van der Waals surface area contributed by atoms with E-state index in [0.717, 1.165) is 5.75 Å². The van der Waals surface area contributed by atoms with Crippen LogP contribution in [0.2, 0.25) is 0 Å². The molecule has 2 nitrogen and oxygen atoms in total. The lowest BCUT2D eigenvalue weighted by molar-refractivity contribution is 0.0547. The Morgan fingerprint density at radius 3 is 1.58 bits per heavy atom. The highest BCUT2D eigenvalue weighted by Gasteiger charge is 2.33. The van der Waals surface area contributed by atoms with E-state index >= 15 is 0 Å². The van der Waals surface area contributed by atoms with E-state index in [1.807, 2.05) is 13.8 Å². The minimum Gasteiger partial charge on any atom is -0.484 e. The van der Waals surface area contributed by atoms with E-state index in [0.29, 0.717) is 0 Å². The summed E-state index contributed by atoms with van der Waals surface area (Å²) in [4.78, 5) is 2.41. The molecule has 0 spiro atoms. The van der Waals surface area contributed by atoms with Gasteiger partial charge in [0.05, 0.1) is 0 Å². The molecule has 0 unspecified atom stereocenters. The van der Waals surface area contributed by atoms with E-state index in [4.69, 9.17) is 4.74 Å². The summed E-state index contributed by atoms with van der Waals surface area (Å²) < 4.78 is 6.25. The minimum absolute atomic E-state index is 0.0396. The fraction of sp³-hybridized carbons (Fsp3) is 0.667. The Morgan fingerprint density at radius 1 is 0.808 bits per heavy atom. The fourth-order valence-corrected chi connectivity index (χ4v) is 2.94. The average molecular weight is 362 g/mol. The summed E-state index contributed by atoms with van der Waals surface area (Å²) in [6.45, 7) is 25.9. The van der Waals surface area contributed by atoms with Gasteiger partial charge in [0.2, 0.25) is 0 Å². The number of hydrogen-bond acceptors (Lipinski definition) is 2. The van der Waals surface area contributed by atoms with Gasteiger partial charge in [-0.15, -0.1) is 0 Å². The van der Waals surface area contributed by atoms with Gasteiger partial charge in [-0.25, -0.2) is 0 Å². The minimum atomic E-state index is -0.294. The van der Waals surface area contributed by atoms with Crippen molar-refractivity contribution in [1.82, 2.24) is 4.90 Å². The third-order valence-electron chi connectivity index (χ3n) is 5.43. The summed E-state index contributed by atoms with van der Waals surface area (Å²) in [5.41, 5.74) is 3.66. The number of hydrogen-bond donors (Lipinski definition) is 0. The molecule has 0 bridgehead atoms. The summed E-state index contributed by atoms with van der Waals surface area (Å²) in [5.74, 6) is 0.915. The van der Waals surface area contributed by atoms with Crippen molar-refractivity contribution in [2.75, 3.05) is 7.05 Å². The van der Waals surface area contributed by atoms with Gasteiger partial charge < -0.3 is 4.74 Å². The molecule has 0 amide bonds. The molecule has 0 aromatic heterocycles. The summed E-state index contributed by atoms with van der Waals surface area (Å²) in [6, 6.07) is 8.55. The first-order valence-corrected chi connectivity index (χ1v) is 9.87. The number of ether oxygens (including phenoxy) is 1. The van der Waals surface area contributed by atoms with Crippen LogP contribution in [0.5, 0.6) is 5.75 Å². The van der Waals surface area contributed by atoms with Gasteiger partial charge >= 0.3 is 0 Å². The predicted octanol–water partition coefficient (Wildman–Crippen LogP) is 7.19. The lowest BCUT2D eigenvalue weighted by Gasteiger charge is -2.45. The number of nitrogens with zero attached hydrogens (tertiary/aromatic N) is 1. The Morgan fingerprint density at radius 2 is 1.23 bits per heavy atom. The van der Waals surface area contributed by atoms with Gasteiger partial charge in [0.15, 0.2) is 0 Å². The van der Waals surface area contributed by atoms with Gasteiger partial charge in [-0.3, -0.25) is 4.90 Å². The molecule has 1 aromatic rings. The van der Waals surface area contributed by atoms with Crippen molar-refractivity contribution in [3.63, 3.8) is 0 Å². The Hall–Kier alpha value is -1.28. The first-order chi connectivity index (χ1) is 11.7. The molecule has 1 aromatic carbocycles. The molecular weight excluding hydrogens is 318 g/mol. The number of benzene rings is 1. The van der Waals surface area contributed by atoms with Crippen molar-refractivity contribution in [2.45, 2.75) is 99.8 Å². The summed E-state index contributed by atoms with van der Waals surface area (Å²) in [7, 11) is 2.19. The van der Waals surface area contributed by atoms with Crippen LogP contribution in [0, 0.1) is 0 Å². The van der Waals surface area contributed by atoms with Gasteiger partial charge in [0.25, 0.3) is 0 Å². The zero-order chi connectivity index (χ0) is 20.9. The van der Waals surface area contributed by atoms with Crippen LogP contribution in [0.1, 0.15) is 88.6 Å². The molecule has 0 aliphatic rings. The second-order valence-corrected chi connectivity index (χ2v) is 9.05. The van der Waals surface area contributed by atoms with Crippen LogP contribution in [-0.4, -0.2) is 23.1 Å². The average Bonchev–Trinajstić information content (AvgIpc) is 2.54. The number of rotatable bonds is 5. The Kier molecular flexibility index (Phi) is 8.63. The zero-order valence-electron chi connectivity index (χ0n) is 19.7. The SMILES string of the molecule is CC.CC(C)=C(C)C(C)(C)Oc1ccc(C(C)(C)N(C)C(C)(C)C)cc1. The van der Waals surface area contributed by atoms with E-state index in [-0.39, 0.29) is 16.7 Å². The normalized spacial score (nSPS) is 12.4. The van der Waals surface area contributed by atoms with Crippen molar-refractivity contribution in [1.29, 1.82) is 0 Å². The molecule has 0 saturated heterocycles. The molecule has 26 heavy (non-hydrogen) atoms. The second kappa shape index (κ2) is 9.08. The van der Waals surface area contributed by atoms with Crippen LogP contribution >= 0.6 is 0 Å². The Labute approximate surface area is 163 Å². The first kappa shape index (κ1) is 24.7. The molecule has 2 heteroatoms. The molecule has 150 valence electrons. The van der Waals surface area contributed by atoms with E-state index in [1.165, 1.54) is 16.7 Å². The maximum Gasteiger partial charge on any atom is 0.124 e. The molecule has 1 rings (SSSR count). The predicted molar refractivity (Wildman–Crippen MR) is 117 cm³/mol. The van der Waals surface area contributed by atoms with Crippen LogP contribution in [-0.2, 0) is 5.54 Å². The van der Waals surface area contributed by atoms with E-state index in [9.17, 15) is 0 Å². The van der Waals surface area contributed by atoms with Crippen molar-refractivity contribution in [3.8, 4) is 5.75 Å². The van der Waals surface area contributed by atoms with E-state index in [1.54, 1.807) is 0 Å². The van der Waals surface area contributed by atoms with Crippen molar-refractivity contribution in [2.24, 2.45) is 0 Å². The Balaban J connectivity index is 0.00000301. The first-order valence-electron chi connectivity index (χ1n) is 9.87. The van der Waals surface area contributed by atoms with E-state index < -0.39 is 0 Å². The van der Waals surface area contributed by atoms with Gasteiger partial charge in [0, 0.05) is 11.1 Å². The molecule has 0 heterocycles. The fourth-order valence-electron chi connectivity index (χ4n) is 2.94. The third kappa shape index (κ3) is 6.16. The molecule has 0 N–H and O–H groups in total. The van der Waals surface area contributed by atoms with Gasteiger partial charge in [-0.2, -0.15) is 0 Å². The topological polar surface area (TPSA) is 12.5 Å². The zero-order valence-corrected chi connectivity index (χ0v) is 19.7. The van der Waals surface area contributed by atoms with E-state index in [2.05, 4.69) is 105 Å². The molecule has 0 atom stereocenters. The maximum atomic E-state index is 6.25. The van der Waals surface area contributed by atoms with Crippen LogP contribution in [0.25, 0.3) is 0 Å². The molecule has 0 aliphatic carbocycles. The Bertz CT molecular complexity index is 582. The lowest BCUT2D eigenvalue weighted by Crippen LogP contribution is -2.49. The van der Waals surface area contributed by atoms with Gasteiger partial charge in [-0.1, -0.05) is 31.6 Å². The highest BCUT2D eigenvalue weighted by molar-refractivity contribution is 5.33. The summed E-state index contributed by atoms with van der Waals surface area (Å²) in [5, 5.41) is 0. The highest BCUT2D eigenvalue weighted by atomic mass is 16.5. The second-order valence-electron chi connectivity index (χ2n) is 9.05. The molecule has 0 fully saturated rings. The maximum absolute atomic E-state index is 6.25. The summed E-state index contributed by atoms with van der Waals surface area (Å²) in [6.07, 6.45) is 0. The molecule has 0 saturated carbocycles.